The lowest BCUT2D eigenvalue weighted by Gasteiger charge is -2.12. The van der Waals surface area contributed by atoms with E-state index in [2.05, 4.69) is 11.9 Å². The summed E-state index contributed by atoms with van der Waals surface area (Å²) < 4.78 is 5.55. The number of ether oxygens (including phenoxy) is 1. The van der Waals surface area contributed by atoms with E-state index in [1.807, 2.05) is 6.92 Å². The van der Waals surface area contributed by atoms with Crippen molar-refractivity contribution < 1.29 is 9.84 Å². The summed E-state index contributed by atoms with van der Waals surface area (Å²) in [5.74, 6) is 0.772. The quantitative estimate of drug-likeness (QED) is 0.769. The molecular weight excluding hydrogens is 166 g/mol. The molecule has 0 bridgehead atoms. The number of aromatic nitrogens is 1. The summed E-state index contributed by atoms with van der Waals surface area (Å²) in [5.41, 5.74) is 0.640. The predicted octanol–water partition coefficient (Wildman–Crippen LogP) is 1.75. The number of hydrogen-bond donors (Lipinski definition) is 1. The molecule has 3 heteroatoms. The molecule has 0 aliphatic carbocycles. The highest BCUT2D eigenvalue weighted by Gasteiger charge is 2.01. The van der Waals surface area contributed by atoms with E-state index in [0.29, 0.717) is 5.69 Å². The van der Waals surface area contributed by atoms with Crippen LogP contribution in [-0.4, -0.2) is 16.2 Å². The van der Waals surface area contributed by atoms with Crippen LogP contribution in [0.2, 0.25) is 0 Å². The van der Waals surface area contributed by atoms with Gasteiger partial charge in [0, 0.05) is 12.3 Å². The van der Waals surface area contributed by atoms with Crippen molar-refractivity contribution in [3.63, 3.8) is 0 Å². The van der Waals surface area contributed by atoms with Crippen LogP contribution in [0.15, 0.2) is 18.3 Å². The van der Waals surface area contributed by atoms with Crippen LogP contribution in [0.1, 0.15) is 26.0 Å². The van der Waals surface area contributed by atoms with Crippen molar-refractivity contribution in [3.05, 3.63) is 24.0 Å². The summed E-state index contributed by atoms with van der Waals surface area (Å²) in [4.78, 5) is 3.96. The molecule has 0 aliphatic heterocycles. The van der Waals surface area contributed by atoms with Crippen molar-refractivity contribution in [2.45, 2.75) is 33.0 Å². The zero-order valence-electron chi connectivity index (χ0n) is 8.03. The zero-order valence-corrected chi connectivity index (χ0v) is 8.03. The summed E-state index contributed by atoms with van der Waals surface area (Å²) in [5, 5.41) is 8.84. The minimum Gasteiger partial charge on any atom is -0.491 e. The van der Waals surface area contributed by atoms with E-state index in [1.54, 1.807) is 18.3 Å². The Hall–Kier alpha value is -1.09. The van der Waals surface area contributed by atoms with Crippen molar-refractivity contribution in [2.24, 2.45) is 0 Å². The predicted molar refractivity (Wildman–Crippen MR) is 50.5 cm³/mol. The van der Waals surface area contributed by atoms with Gasteiger partial charge in [-0.05, 0) is 19.4 Å². The molecule has 1 heterocycles. The maximum absolute atomic E-state index is 8.84. The van der Waals surface area contributed by atoms with E-state index < -0.39 is 0 Å². The molecule has 0 radical (unpaired) electrons. The Morgan fingerprint density at radius 2 is 2.38 bits per heavy atom. The fraction of sp³-hybridized carbons (Fsp3) is 0.500. The van der Waals surface area contributed by atoms with Gasteiger partial charge in [-0.3, -0.25) is 4.98 Å². The topological polar surface area (TPSA) is 42.4 Å². The van der Waals surface area contributed by atoms with Crippen molar-refractivity contribution in [2.75, 3.05) is 0 Å². The number of rotatable bonds is 4. The highest BCUT2D eigenvalue weighted by molar-refractivity contribution is 5.22. The molecule has 3 nitrogen and oxygen atoms in total. The van der Waals surface area contributed by atoms with Gasteiger partial charge in [0.05, 0.1) is 18.4 Å². The molecule has 0 saturated carbocycles. The van der Waals surface area contributed by atoms with E-state index in [9.17, 15) is 0 Å². The molecule has 1 aromatic rings. The van der Waals surface area contributed by atoms with Gasteiger partial charge in [-0.15, -0.1) is 0 Å². The van der Waals surface area contributed by atoms with Crippen molar-refractivity contribution >= 4 is 0 Å². The smallest absolute Gasteiger partial charge is 0.123 e. The molecule has 1 aromatic heterocycles. The van der Waals surface area contributed by atoms with Crippen LogP contribution >= 0.6 is 0 Å². The van der Waals surface area contributed by atoms with Gasteiger partial charge in [0.15, 0.2) is 0 Å². The van der Waals surface area contributed by atoms with Crippen molar-refractivity contribution in [3.8, 4) is 5.75 Å². The monoisotopic (exact) mass is 181 g/mol. The van der Waals surface area contributed by atoms with Crippen LogP contribution in [0.5, 0.6) is 5.75 Å². The third-order valence-corrected chi connectivity index (χ3v) is 1.86. The van der Waals surface area contributed by atoms with E-state index >= 15 is 0 Å². The SMILES string of the molecule is CCC(C)Oc1ccnc(CO)c1. The van der Waals surface area contributed by atoms with E-state index in [1.165, 1.54) is 0 Å². The Kier molecular flexibility index (Phi) is 3.71. The van der Waals surface area contributed by atoms with Gasteiger partial charge in [-0.25, -0.2) is 0 Å². The Morgan fingerprint density at radius 3 is 3.00 bits per heavy atom. The molecule has 13 heavy (non-hydrogen) atoms. The van der Waals surface area contributed by atoms with Crippen molar-refractivity contribution in [1.29, 1.82) is 0 Å². The third-order valence-electron chi connectivity index (χ3n) is 1.86. The summed E-state index contributed by atoms with van der Waals surface area (Å²) in [6.07, 6.45) is 2.81. The van der Waals surface area contributed by atoms with Crippen LogP contribution < -0.4 is 4.74 Å². The summed E-state index contributed by atoms with van der Waals surface area (Å²) in [6.45, 7) is 4.04. The molecule has 0 fully saturated rings. The van der Waals surface area contributed by atoms with E-state index in [4.69, 9.17) is 9.84 Å². The van der Waals surface area contributed by atoms with Gasteiger partial charge in [0.25, 0.3) is 0 Å². The lowest BCUT2D eigenvalue weighted by atomic mass is 10.3. The van der Waals surface area contributed by atoms with Gasteiger partial charge in [0.2, 0.25) is 0 Å². The van der Waals surface area contributed by atoms with Crippen LogP contribution in [0.3, 0.4) is 0 Å². The first-order valence-corrected chi connectivity index (χ1v) is 4.48. The average Bonchev–Trinajstić information content (AvgIpc) is 2.18. The van der Waals surface area contributed by atoms with Gasteiger partial charge in [-0.1, -0.05) is 6.92 Å². The second-order valence-corrected chi connectivity index (χ2v) is 2.98. The Labute approximate surface area is 78.4 Å². The normalized spacial score (nSPS) is 12.5. The molecule has 1 rings (SSSR count). The number of hydrogen-bond acceptors (Lipinski definition) is 3. The highest BCUT2D eigenvalue weighted by Crippen LogP contribution is 2.13. The summed E-state index contributed by atoms with van der Waals surface area (Å²) in [6, 6.07) is 3.55. The molecule has 1 atom stereocenters. The first kappa shape index (κ1) is 9.99. The maximum atomic E-state index is 8.84. The number of aliphatic hydroxyl groups is 1. The Morgan fingerprint density at radius 1 is 1.62 bits per heavy atom. The molecule has 0 amide bonds. The van der Waals surface area contributed by atoms with Crippen molar-refractivity contribution in [1.82, 2.24) is 4.98 Å². The minimum atomic E-state index is -0.0439. The van der Waals surface area contributed by atoms with E-state index in [-0.39, 0.29) is 12.7 Å². The highest BCUT2D eigenvalue weighted by atomic mass is 16.5. The fourth-order valence-electron chi connectivity index (χ4n) is 0.931. The standard InChI is InChI=1S/C10H15NO2/c1-3-8(2)13-10-4-5-11-9(6-10)7-12/h4-6,8,12H,3,7H2,1-2H3. The largest absolute Gasteiger partial charge is 0.491 e. The second kappa shape index (κ2) is 4.82. The van der Waals surface area contributed by atoms with Crippen LogP contribution in [0.4, 0.5) is 0 Å². The fourth-order valence-corrected chi connectivity index (χ4v) is 0.931. The van der Waals surface area contributed by atoms with Gasteiger partial charge in [-0.2, -0.15) is 0 Å². The van der Waals surface area contributed by atoms with E-state index in [0.717, 1.165) is 12.2 Å². The lowest BCUT2D eigenvalue weighted by molar-refractivity contribution is 0.215. The summed E-state index contributed by atoms with van der Waals surface area (Å²) in [7, 11) is 0. The van der Waals surface area contributed by atoms with Crippen LogP contribution in [0, 0.1) is 0 Å². The zero-order chi connectivity index (χ0) is 9.68. The molecule has 0 saturated heterocycles. The second-order valence-electron chi connectivity index (χ2n) is 2.98. The maximum Gasteiger partial charge on any atom is 0.123 e. The third kappa shape index (κ3) is 3.03. The molecule has 1 N–H and O–H groups in total. The van der Waals surface area contributed by atoms with Crippen LogP contribution in [0.25, 0.3) is 0 Å². The summed E-state index contributed by atoms with van der Waals surface area (Å²) >= 11 is 0. The Balaban J connectivity index is 2.66. The van der Waals surface area contributed by atoms with Gasteiger partial charge < -0.3 is 9.84 Å². The minimum absolute atomic E-state index is 0.0439. The molecule has 0 spiro atoms. The lowest BCUT2D eigenvalue weighted by Crippen LogP contribution is -2.09. The number of nitrogens with zero attached hydrogens (tertiary/aromatic N) is 1. The molecule has 1 unspecified atom stereocenters. The van der Waals surface area contributed by atoms with Gasteiger partial charge in [0.1, 0.15) is 5.75 Å². The Bertz CT molecular complexity index is 263. The first-order chi connectivity index (χ1) is 6.26. The number of aliphatic hydroxyl groups excluding tert-OH is 1. The molecule has 0 aliphatic rings. The molecule has 0 aromatic carbocycles. The average molecular weight is 181 g/mol. The van der Waals surface area contributed by atoms with Gasteiger partial charge >= 0.3 is 0 Å². The molecule has 72 valence electrons. The molecular formula is C10H15NO2. The number of pyridine rings is 1. The van der Waals surface area contributed by atoms with Crippen LogP contribution in [-0.2, 0) is 6.61 Å². The first-order valence-electron chi connectivity index (χ1n) is 4.48.